The van der Waals surface area contributed by atoms with Crippen LogP contribution in [0.5, 0.6) is 11.5 Å². The van der Waals surface area contributed by atoms with Gasteiger partial charge in [-0.25, -0.2) is 4.36 Å². The fourth-order valence-corrected chi connectivity index (χ4v) is 4.19. The highest BCUT2D eigenvalue weighted by molar-refractivity contribution is 7.88. The van der Waals surface area contributed by atoms with Crippen LogP contribution in [-0.4, -0.2) is 20.4 Å². The molecule has 0 fully saturated rings. The van der Waals surface area contributed by atoms with Gasteiger partial charge < -0.3 is 10.2 Å². The van der Waals surface area contributed by atoms with E-state index in [0.717, 1.165) is 22.7 Å². The Labute approximate surface area is 129 Å². The van der Waals surface area contributed by atoms with Crippen LogP contribution < -0.4 is 0 Å². The van der Waals surface area contributed by atoms with E-state index in [0.29, 0.717) is 5.56 Å². The molecular formula is C16H13N3O2S. The monoisotopic (exact) mass is 311 g/mol. The summed E-state index contributed by atoms with van der Waals surface area (Å²) in [5.41, 5.74) is 3.46. The van der Waals surface area contributed by atoms with Crippen molar-refractivity contribution in [3.8, 4) is 22.8 Å². The van der Waals surface area contributed by atoms with Gasteiger partial charge in [-0.3, -0.25) is 5.10 Å². The van der Waals surface area contributed by atoms with Gasteiger partial charge in [-0.2, -0.15) is 5.10 Å². The average molecular weight is 311 g/mol. The standard InChI is InChI=1S/C16H13N3O2S/c20-11-5-6-12(14(21)7-11)16-10(8-17-18-16)9-22-15-4-2-1-3-13(15)19-22/h1-8,20-21H,9H2,(H,17,18). The summed E-state index contributed by atoms with van der Waals surface area (Å²) >= 11 is 0. The summed E-state index contributed by atoms with van der Waals surface area (Å²) in [5, 5.41) is 26.5. The van der Waals surface area contributed by atoms with E-state index in [1.165, 1.54) is 11.0 Å². The highest BCUT2D eigenvalue weighted by atomic mass is 32.2. The van der Waals surface area contributed by atoms with Crippen LogP contribution in [0.3, 0.4) is 0 Å². The number of fused-ring (bicyclic) bond motifs is 1. The molecule has 0 amide bonds. The van der Waals surface area contributed by atoms with Gasteiger partial charge in [0.05, 0.1) is 17.6 Å². The fourth-order valence-electron chi connectivity index (χ4n) is 2.50. The third-order valence-corrected chi connectivity index (χ3v) is 5.44. The van der Waals surface area contributed by atoms with Crippen LogP contribution in [0.25, 0.3) is 11.3 Å². The molecule has 1 aliphatic heterocycles. The first-order valence-corrected chi connectivity index (χ1v) is 8.14. The maximum absolute atomic E-state index is 10.0. The van der Waals surface area contributed by atoms with E-state index in [9.17, 15) is 10.2 Å². The maximum atomic E-state index is 10.0. The normalized spacial score (nSPS) is 15.7. The summed E-state index contributed by atoms with van der Waals surface area (Å²) in [4.78, 5) is 1.27. The van der Waals surface area contributed by atoms with E-state index < -0.39 is 0 Å². The van der Waals surface area contributed by atoms with Crippen LogP contribution in [0.4, 0.5) is 5.69 Å². The molecule has 0 saturated heterocycles. The zero-order chi connectivity index (χ0) is 15.1. The maximum Gasteiger partial charge on any atom is 0.128 e. The number of phenolic OH excluding ortho intramolecular Hbond substituents is 2. The third-order valence-electron chi connectivity index (χ3n) is 3.59. The SMILES string of the molecule is Oc1ccc(-c2[nH]ncc2CS2=Nc3ccccc32)c(O)c1. The molecule has 3 N–H and O–H groups in total. The molecule has 4 rings (SSSR count). The van der Waals surface area contributed by atoms with Crippen molar-refractivity contribution in [3.05, 3.63) is 54.2 Å². The minimum Gasteiger partial charge on any atom is -0.508 e. The molecule has 110 valence electrons. The second-order valence-electron chi connectivity index (χ2n) is 5.04. The number of benzene rings is 2. The van der Waals surface area contributed by atoms with Crippen molar-refractivity contribution >= 4 is 16.4 Å². The average Bonchev–Trinajstić information content (AvgIpc) is 2.93. The van der Waals surface area contributed by atoms with Crippen molar-refractivity contribution < 1.29 is 10.2 Å². The predicted octanol–water partition coefficient (Wildman–Crippen LogP) is 3.49. The molecule has 1 aromatic heterocycles. The largest absolute Gasteiger partial charge is 0.508 e. The van der Waals surface area contributed by atoms with Gasteiger partial charge in [-0.15, -0.1) is 0 Å². The molecule has 6 heteroatoms. The van der Waals surface area contributed by atoms with E-state index in [1.54, 1.807) is 18.3 Å². The van der Waals surface area contributed by atoms with Gasteiger partial charge in [-0.05, 0) is 24.3 Å². The Bertz CT molecular complexity index is 902. The number of rotatable bonds is 3. The molecule has 3 aromatic rings. The lowest BCUT2D eigenvalue weighted by Crippen LogP contribution is -2.03. The van der Waals surface area contributed by atoms with E-state index in [4.69, 9.17) is 0 Å². The number of hydrogen-bond donors (Lipinski definition) is 3. The lowest BCUT2D eigenvalue weighted by molar-refractivity contribution is 0.451. The summed E-state index contributed by atoms with van der Waals surface area (Å²) < 4.78 is 4.61. The lowest BCUT2D eigenvalue weighted by atomic mass is 10.1. The van der Waals surface area contributed by atoms with Crippen molar-refractivity contribution in [1.82, 2.24) is 10.2 Å². The Hall–Kier alpha value is -2.60. The third kappa shape index (κ3) is 2.08. The molecule has 1 unspecified atom stereocenters. The number of nitrogens with one attached hydrogen (secondary N) is 1. The van der Waals surface area contributed by atoms with E-state index in [-0.39, 0.29) is 22.2 Å². The number of aromatic nitrogens is 2. The van der Waals surface area contributed by atoms with E-state index >= 15 is 0 Å². The molecule has 5 nitrogen and oxygen atoms in total. The number of nitrogens with zero attached hydrogens (tertiary/aromatic N) is 2. The zero-order valence-corrected chi connectivity index (χ0v) is 12.3. The topological polar surface area (TPSA) is 81.5 Å². The van der Waals surface area contributed by atoms with Gasteiger partial charge in [0.15, 0.2) is 0 Å². The minimum atomic E-state index is -0.162. The lowest BCUT2D eigenvalue weighted by Gasteiger charge is -2.19. The molecular weight excluding hydrogens is 298 g/mol. The molecule has 2 heterocycles. The molecule has 0 aliphatic carbocycles. The number of aromatic hydroxyl groups is 2. The number of hydrogen-bond acceptors (Lipinski definition) is 4. The molecule has 1 aliphatic rings. The second kappa shape index (κ2) is 4.99. The Morgan fingerprint density at radius 1 is 1.09 bits per heavy atom. The van der Waals surface area contributed by atoms with E-state index in [1.807, 2.05) is 18.2 Å². The number of phenols is 2. The number of aromatic amines is 1. The van der Waals surface area contributed by atoms with Crippen LogP contribution in [0, 0.1) is 0 Å². The Kier molecular flexibility index (Phi) is 2.97. The predicted molar refractivity (Wildman–Crippen MR) is 85.2 cm³/mol. The molecule has 22 heavy (non-hydrogen) atoms. The smallest absolute Gasteiger partial charge is 0.128 e. The van der Waals surface area contributed by atoms with Gasteiger partial charge in [0.25, 0.3) is 0 Å². The molecule has 0 bridgehead atoms. The van der Waals surface area contributed by atoms with Crippen LogP contribution >= 0.6 is 0 Å². The fraction of sp³-hybridized carbons (Fsp3) is 0.0625. The molecule has 0 spiro atoms. The summed E-state index contributed by atoms with van der Waals surface area (Å²) in [5.74, 6) is 0.815. The van der Waals surface area contributed by atoms with Gasteiger partial charge >= 0.3 is 0 Å². The van der Waals surface area contributed by atoms with Crippen molar-refractivity contribution in [3.63, 3.8) is 0 Å². The van der Waals surface area contributed by atoms with Crippen molar-refractivity contribution in [2.75, 3.05) is 0 Å². The Morgan fingerprint density at radius 3 is 2.77 bits per heavy atom. The van der Waals surface area contributed by atoms with Crippen LogP contribution in [-0.2, 0) is 16.4 Å². The molecule has 1 atom stereocenters. The molecule has 2 aromatic carbocycles. The van der Waals surface area contributed by atoms with E-state index in [2.05, 4.69) is 20.6 Å². The van der Waals surface area contributed by atoms with Gasteiger partial charge in [-0.1, -0.05) is 22.8 Å². The van der Waals surface area contributed by atoms with Crippen LogP contribution in [0.15, 0.2) is 57.9 Å². The number of H-pyrrole nitrogens is 1. The second-order valence-corrected chi connectivity index (χ2v) is 6.68. The highest BCUT2D eigenvalue weighted by Gasteiger charge is 2.20. The summed E-state index contributed by atoms with van der Waals surface area (Å²) in [7, 11) is -0.162. The minimum absolute atomic E-state index is 0.0276. The molecule has 0 radical (unpaired) electrons. The van der Waals surface area contributed by atoms with Gasteiger partial charge in [0.2, 0.25) is 0 Å². The van der Waals surface area contributed by atoms with Crippen molar-refractivity contribution in [1.29, 1.82) is 0 Å². The van der Waals surface area contributed by atoms with Crippen molar-refractivity contribution in [2.45, 2.75) is 10.6 Å². The quantitative estimate of drug-likeness (QED) is 0.692. The Morgan fingerprint density at radius 2 is 1.95 bits per heavy atom. The first kappa shape index (κ1) is 13.1. The van der Waals surface area contributed by atoms with Crippen LogP contribution in [0.1, 0.15) is 5.56 Å². The first-order valence-electron chi connectivity index (χ1n) is 6.79. The van der Waals surface area contributed by atoms with Crippen molar-refractivity contribution in [2.24, 2.45) is 4.36 Å². The van der Waals surface area contributed by atoms with Gasteiger partial charge in [0.1, 0.15) is 11.5 Å². The van der Waals surface area contributed by atoms with Gasteiger partial charge in [0, 0.05) is 27.8 Å². The highest BCUT2D eigenvalue weighted by Crippen LogP contribution is 2.38. The molecule has 0 saturated carbocycles. The first-order chi connectivity index (χ1) is 10.7. The summed E-state index contributed by atoms with van der Waals surface area (Å²) in [6.07, 6.45) is 1.77. The Balaban J connectivity index is 1.67. The summed E-state index contributed by atoms with van der Waals surface area (Å²) in [6, 6.07) is 12.7. The van der Waals surface area contributed by atoms with Crippen LogP contribution in [0.2, 0.25) is 0 Å². The zero-order valence-electron chi connectivity index (χ0n) is 11.5. The summed E-state index contributed by atoms with van der Waals surface area (Å²) in [6.45, 7) is 0.